The van der Waals surface area contributed by atoms with Gasteiger partial charge in [0.25, 0.3) is 5.91 Å². The Morgan fingerprint density at radius 1 is 1.00 bits per heavy atom. The van der Waals surface area contributed by atoms with E-state index in [9.17, 15) is 13.2 Å². The lowest BCUT2D eigenvalue weighted by molar-refractivity contribution is 0.102. The van der Waals surface area contributed by atoms with Gasteiger partial charge >= 0.3 is 0 Å². The predicted octanol–water partition coefficient (Wildman–Crippen LogP) is 5.18. The lowest BCUT2D eigenvalue weighted by atomic mass is 10.2. The van der Waals surface area contributed by atoms with Crippen LogP contribution in [0, 0.1) is 0 Å². The summed E-state index contributed by atoms with van der Waals surface area (Å²) >= 11 is 1.53. The Labute approximate surface area is 193 Å². The van der Waals surface area contributed by atoms with Crippen LogP contribution in [0.5, 0.6) is 5.75 Å². The van der Waals surface area contributed by atoms with Gasteiger partial charge in [-0.05, 0) is 63.2 Å². The smallest absolute Gasteiger partial charge is 0.255 e. The SMILES string of the molecule is CCOc1ccc(C(=O)Nc2ccccc2Sc2ccccc2)cc1S(=O)(=O)NC(C)C. The van der Waals surface area contributed by atoms with Crippen LogP contribution in [0.1, 0.15) is 31.1 Å². The minimum absolute atomic E-state index is 0.0624. The fourth-order valence-electron chi connectivity index (χ4n) is 2.98. The number of nitrogens with one attached hydrogen (secondary N) is 2. The molecule has 0 fully saturated rings. The highest BCUT2D eigenvalue weighted by Gasteiger charge is 2.23. The van der Waals surface area contributed by atoms with E-state index in [-0.39, 0.29) is 22.3 Å². The molecule has 0 aliphatic carbocycles. The molecule has 0 atom stereocenters. The number of rotatable bonds is 9. The summed E-state index contributed by atoms with van der Waals surface area (Å²) in [6.45, 7) is 5.54. The molecule has 0 aliphatic heterocycles. The van der Waals surface area contributed by atoms with E-state index >= 15 is 0 Å². The van der Waals surface area contributed by atoms with Gasteiger partial charge in [0.15, 0.2) is 0 Å². The highest BCUT2D eigenvalue weighted by molar-refractivity contribution is 7.99. The third kappa shape index (κ3) is 6.12. The standard InChI is InChI=1S/C24H26N2O4S2/c1-4-30-21-15-14-18(16-23(21)32(28,29)26-17(2)3)24(27)25-20-12-8-9-13-22(20)31-19-10-6-5-7-11-19/h5-17,26H,4H2,1-3H3,(H,25,27). The van der Waals surface area contributed by atoms with Crippen LogP contribution in [-0.4, -0.2) is 27.0 Å². The number of ether oxygens (including phenoxy) is 1. The first-order valence-electron chi connectivity index (χ1n) is 10.2. The van der Waals surface area contributed by atoms with Gasteiger partial charge in [0.05, 0.1) is 12.3 Å². The Balaban J connectivity index is 1.90. The van der Waals surface area contributed by atoms with E-state index < -0.39 is 15.9 Å². The molecule has 168 valence electrons. The summed E-state index contributed by atoms with van der Waals surface area (Å²) < 4.78 is 33.6. The molecule has 0 radical (unpaired) electrons. The number of para-hydroxylation sites is 1. The van der Waals surface area contributed by atoms with Crippen molar-refractivity contribution in [3.8, 4) is 5.75 Å². The van der Waals surface area contributed by atoms with Gasteiger partial charge in [-0.3, -0.25) is 4.79 Å². The average Bonchev–Trinajstić information content (AvgIpc) is 2.75. The monoisotopic (exact) mass is 470 g/mol. The number of hydrogen-bond acceptors (Lipinski definition) is 5. The van der Waals surface area contributed by atoms with Crippen LogP contribution < -0.4 is 14.8 Å². The van der Waals surface area contributed by atoms with E-state index in [4.69, 9.17) is 4.74 Å². The number of sulfonamides is 1. The normalized spacial score (nSPS) is 11.4. The summed E-state index contributed by atoms with van der Waals surface area (Å²) in [5.41, 5.74) is 0.863. The molecule has 0 saturated heterocycles. The van der Waals surface area contributed by atoms with E-state index in [1.54, 1.807) is 26.8 Å². The Morgan fingerprint density at radius 3 is 2.38 bits per heavy atom. The van der Waals surface area contributed by atoms with Gasteiger partial charge in [0.2, 0.25) is 10.0 Å². The highest BCUT2D eigenvalue weighted by atomic mass is 32.2. The van der Waals surface area contributed by atoms with Crippen LogP contribution >= 0.6 is 11.8 Å². The molecular weight excluding hydrogens is 444 g/mol. The maximum Gasteiger partial charge on any atom is 0.255 e. The number of hydrogen-bond donors (Lipinski definition) is 2. The van der Waals surface area contributed by atoms with Gasteiger partial charge < -0.3 is 10.1 Å². The highest BCUT2D eigenvalue weighted by Crippen LogP contribution is 2.33. The zero-order chi connectivity index (χ0) is 23.1. The summed E-state index contributed by atoms with van der Waals surface area (Å²) in [6.07, 6.45) is 0. The number of anilines is 1. The molecule has 0 heterocycles. The Morgan fingerprint density at radius 2 is 1.69 bits per heavy atom. The van der Waals surface area contributed by atoms with Crippen molar-refractivity contribution in [2.75, 3.05) is 11.9 Å². The van der Waals surface area contributed by atoms with Crippen molar-refractivity contribution in [3.63, 3.8) is 0 Å². The van der Waals surface area contributed by atoms with Crippen LogP contribution in [0.15, 0.2) is 87.5 Å². The van der Waals surface area contributed by atoms with Gasteiger partial charge in [-0.25, -0.2) is 13.1 Å². The molecule has 2 N–H and O–H groups in total. The van der Waals surface area contributed by atoms with Crippen LogP contribution in [-0.2, 0) is 10.0 Å². The number of carbonyl (C=O) groups is 1. The minimum Gasteiger partial charge on any atom is -0.492 e. The molecule has 1 amide bonds. The van der Waals surface area contributed by atoms with Crippen LogP contribution in [0.4, 0.5) is 5.69 Å². The largest absolute Gasteiger partial charge is 0.492 e. The topological polar surface area (TPSA) is 84.5 Å². The van der Waals surface area contributed by atoms with E-state index in [1.165, 1.54) is 23.9 Å². The first-order chi connectivity index (χ1) is 15.3. The second-order valence-electron chi connectivity index (χ2n) is 7.24. The van der Waals surface area contributed by atoms with Crippen molar-refractivity contribution in [2.45, 2.75) is 41.5 Å². The summed E-state index contributed by atoms with van der Waals surface area (Å²) in [6, 6.07) is 21.4. The second-order valence-corrected chi connectivity index (χ2v) is 10.0. The van der Waals surface area contributed by atoms with Gasteiger partial charge in [-0.1, -0.05) is 42.1 Å². The Kier molecular flexibility index (Phi) is 7.95. The first-order valence-corrected chi connectivity index (χ1v) is 12.5. The van der Waals surface area contributed by atoms with E-state index in [2.05, 4.69) is 10.0 Å². The van der Waals surface area contributed by atoms with Crippen molar-refractivity contribution >= 4 is 33.4 Å². The average molecular weight is 471 g/mol. The van der Waals surface area contributed by atoms with Gasteiger partial charge in [0, 0.05) is 21.4 Å². The van der Waals surface area contributed by atoms with Crippen LogP contribution in [0.25, 0.3) is 0 Å². The summed E-state index contributed by atoms with van der Waals surface area (Å²) in [7, 11) is -3.85. The van der Waals surface area contributed by atoms with E-state index in [0.29, 0.717) is 12.3 Å². The van der Waals surface area contributed by atoms with Crippen LogP contribution in [0.3, 0.4) is 0 Å². The zero-order valence-electron chi connectivity index (χ0n) is 18.2. The van der Waals surface area contributed by atoms with Crippen molar-refractivity contribution < 1.29 is 17.9 Å². The predicted molar refractivity (Wildman–Crippen MR) is 128 cm³/mol. The molecular formula is C24H26N2O4S2. The molecule has 0 saturated carbocycles. The third-order valence-corrected chi connectivity index (χ3v) is 7.06. The second kappa shape index (κ2) is 10.7. The summed E-state index contributed by atoms with van der Waals surface area (Å²) in [5.74, 6) is -0.201. The first kappa shape index (κ1) is 23.8. The van der Waals surface area contributed by atoms with Gasteiger partial charge in [-0.2, -0.15) is 0 Å². The van der Waals surface area contributed by atoms with Crippen molar-refractivity contribution in [3.05, 3.63) is 78.4 Å². The summed E-state index contributed by atoms with van der Waals surface area (Å²) in [5, 5.41) is 2.90. The molecule has 0 spiro atoms. The zero-order valence-corrected chi connectivity index (χ0v) is 19.8. The summed E-state index contributed by atoms with van der Waals surface area (Å²) in [4.78, 5) is 14.9. The molecule has 0 aliphatic rings. The van der Waals surface area contributed by atoms with Gasteiger partial charge in [-0.15, -0.1) is 0 Å². The molecule has 32 heavy (non-hydrogen) atoms. The van der Waals surface area contributed by atoms with E-state index in [0.717, 1.165) is 9.79 Å². The quantitative estimate of drug-likeness (QED) is 0.450. The van der Waals surface area contributed by atoms with Crippen LogP contribution in [0.2, 0.25) is 0 Å². The molecule has 0 aromatic heterocycles. The molecule has 6 nitrogen and oxygen atoms in total. The Bertz CT molecular complexity index is 1180. The minimum atomic E-state index is -3.85. The fraction of sp³-hybridized carbons (Fsp3) is 0.208. The molecule has 8 heteroatoms. The maximum absolute atomic E-state index is 13.0. The Hall–Kier alpha value is -2.81. The number of amides is 1. The van der Waals surface area contributed by atoms with Crippen molar-refractivity contribution in [1.29, 1.82) is 0 Å². The lowest BCUT2D eigenvalue weighted by Crippen LogP contribution is -2.30. The number of carbonyl (C=O) groups excluding carboxylic acids is 1. The van der Waals surface area contributed by atoms with Gasteiger partial charge in [0.1, 0.15) is 10.6 Å². The fourth-order valence-corrected chi connectivity index (χ4v) is 5.32. The lowest BCUT2D eigenvalue weighted by Gasteiger charge is -2.15. The molecule has 0 bridgehead atoms. The molecule has 3 aromatic rings. The van der Waals surface area contributed by atoms with Crippen molar-refractivity contribution in [2.24, 2.45) is 0 Å². The molecule has 3 aromatic carbocycles. The molecule has 3 rings (SSSR count). The molecule has 0 unspecified atom stereocenters. The number of benzene rings is 3. The maximum atomic E-state index is 13.0. The van der Waals surface area contributed by atoms with E-state index in [1.807, 2.05) is 54.6 Å². The van der Waals surface area contributed by atoms with Crippen molar-refractivity contribution in [1.82, 2.24) is 4.72 Å². The third-order valence-electron chi connectivity index (χ3n) is 4.29.